The zero-order chi connectivity index (χ0) is 77.9. The summed E-state index contributed by atoms with van der Waals surface area (Å²) in [4.78, 5) is 139. The van der Waals surface area contributed by atoms with Crippen LogP contribution in [0.2, 0.25) is 0 Å². The number of anilines is 2. The summed E-state index contributed by atoms with van der Waals surface area (Å²) in [6.45, 7) is -0.571. The van der Waals surface area contributed by atoms with Gasteiger partial charge in [0.05, 0.1) is 125 Å². The molecule has 38 nitrogen and oxygen atoms in total. The second kappa shape index (κ2) is 42.7. The Morgan fingerprint density at radius 3 is 2.02 bits per heavy atom. The second-order valence-corrected chi connectivity index (χ2v) is 30.9. The fourth-order valence-corrected chi connectivity index (χ4v) is 14.3. The molecule has 109 heavy (non-hydrogen) atoms. The van der Waals surface area contributed by atoms with E-state index in [1.165, 1.54) is 35.0 Å². The van der Waals surface area contributed by atoms with Gasteiger partial charge in [-0.15, -0.1) is 0 Å². The van der Waals surface area contributed by atoms with Crippen molar-refractivity contribution in [2.24, 2.45) is 11.8 Å². The number of fused-ring (bicyclic) bond motifs is 4. The van der Waals surface area contributed by atoms with Crippen LogP contribution in [-0.2, 0) is 119 Å². The SMILES string of the molecule is COCCOCCOCCOCCOCCOCCOCCOCCN(Cc1ccccc1C(=O)Nc1nc2c(ncn2[C@@H]2O[C@@H]3COP(O)(=S)O[C@H]4C[C@H](Oc5ccncn5)C[C@@H]4COP(=O)(S)O[C@@H]2[C@H]3O)c(=O)[nH]1)C(=O)OCc1ccc(NC(=O)[C@H](C)NC(=O)[C@@H](NC(=O)CN2C(=O)C=CC2=O)C(C)C)cc1. The van der Waals surface area contributed by atoms with E-state index in [9.17, 15) is 52.9 Å². The average Bonchev–Trinajstić information content (AvgIpc) is 1.61. The van der Waals surface area contributed by atoms with E-state index in [1.807, 2.05) is 0 Å². The predicted octanol–water partition coefficient (Wildman–Crippen LogP) is 2.76. The summed E-state index contributed by atoms with van der Waals surface area (Å²) < 4.78 is 101. The van der Waals surface area contributed by atoms with E-state index in [2.05, 4.69) is 58.4 Å². The number of benzene rings is 2. The minimum atomic E-state index is -4.42. The molecule has 3 aliphatic heterocycles. The number of H-pyrrole nitrogens is 1. The van der Waals surface area contributed by atoms with Crippen molar-refractivity contribution in [1.29, 1.82) is 0 Å². The van der Waals surface area contributed by atoms with Crippen molar-refractivity contribution in [3.05, 3.63) is 113 Å². The first-order valence-electron chi connectivity index (χ1n) is 34.9. The average molecular weight is 1610 g/mol. The number of imide groups is 1. The van der Waals surface area contributed by atoms with Crippen LogP contribution >= 0.6 is 25.8 Å². The van der Waals surface area contributed by atoms with Gasteiger partial charge in [0.25, 0.3) is 23.3 Å². The summed E-state index contributed by atoms with van der Waals surface area (Å²) in [6, 6.07) is 11.9. The quantitative estimate of drug-likeness (QED) is 0.0121. The van der Waals surface area contributed by atoms with Crippen LogP contribution in [0.1, 0.15) is 61.3 Å². The number of thiol groups is 1. The van der Waals surface area contributed by atoms with Crippen molar-refractivity contribution >= 4 is 102 Å². The number of carbonyl (C=O) groups is 7. The van der Waals surface area contributed by atoms with Crippen molar-refractivity contribution in [2.75, 3.05) is 143 Å². The summed E-state index contributed by atoms with van der Waals surface area (Å²) in [5, 5.41) is 22.2. The molecular formula is C67H90N12O26P2S2. The third kappa shape index (κ3) is 26.5. The number of aliphatic hydroxyl groups excluding tert-OH is 1. The number of methoxy groups -OCH3 is 1. The normalized spacial score (nSPS) is 22.6. The molecule has 0 radical (unpaired) electrons. The van der Waals surface area contributed by atoms with Gasteiger partial charge in [-0.05, 0) is 60.4 Å². The topological polar surface area (TPSA) is 459 Å². The zero-order valence-electron chi connectivity index (χ0n) is 60.2. The van der Waals surface area contributed by atoms with Crippen LogP contribution in [-0.4, -0.2) is 266 Å². The van der Waals surface area contributed by atoms with Crippen LogP contribution in [0.4, 0.5) is 16.4 Å². The maximum absolute atomic E-state index is 14.5. The van der Waals surface area contributed by atoms with Crippen molar-refractivity contribution in [3.63, 3.8) is 0 Å². The van der Waals surface area contributed by atoms with E-state index >= 15 is 0 Å². The molecule has 1 saturated carbocycles. The van der Waals surface area contributed by atoms with Gasteiger partial charge in [0.2, 0.25) is 29.5 Å². The lowest BCUT2D eigenvalue weighted by Crippen LogP contribution is -2.55. The van der Waals surface area contributed by atoms with E-state index in [4.69, 9.17) is 82.0 Å². The van der Waals surface area contributed by atoms with Crippen molar-refractivity contribution < 1.29 is 118 Å². The number of carbonyl (C=O) groups excluding carboxylic acids is 7. The van der Waals surface area contributed by atoms with Crippen LogP contribution in [0.3, 0.4) is 0 Å². The molecule has 5 aromatic rings. The number of imidazole rings is 1. The first kappa shape index (κ1) is 85.3. The van der Waals surface area contributed by atoms with E-state index in [0.717, 1.165) is 23.4 Å². The molecule has 6 heterocycles. The van der Waals surface area contributed by atoms with Crippen LogP contribution in [0.5, 0.6) is 5.88 Å². The molecule has 2 bridgehead atoms. The monoisotopic (exact) mass is 1600 g/mol. The number of ether oxygens (including phenoxy) is 11. The third-order valence-corrected chi connectivity index (χ3v) is 20.1. The molecule has 4 aliphatic rings. The fourth-order valence-electron chi connectivity index (χ4n) is 11.3. The molecule has 2 aromatic carbocycles. The fraction of sp³-hybridized carbons (Fsp3) is 0.552. The number of hydrogen-bond acceptors (Lipinski definition) is 30. The van der Waals surface area contributed by atoms with Gasteiger partial charge in [-0.1, -0.05) is 56.4 Å². The molecule has 9 rings (SSSR count). The number of nitrogens with one attached hydrogen (secondary N) is 5. The molecule has 1 aliphatic carbocycles. The lowest BCUT2D eigenvalue weighted by molar-refractivity contribution is -0.141. The highest BCUT2D eigenvalue weighted by Crippen LogP contribution is 2.59. The number of aromatic amines is 1. The number of aromatic nitrogens is 6. The molecule has 596 valence electrons. The highest BCUT2D eigenvalue weighted by atomic mass is 32.7. The minimum Gasteiger partial charge on any atom is -0.474 e. The molecule has 11 atom stereocenters. The molecule has 2 saturated heterocycles. The standard InChI is InChI=1S/C67H90N12O26P2S2/c1-42(2)56(73-52(80)36-78-54(81)13-14-55(78)82)63(86)71-43(3)61(84)72-47-11-9-44(10-12-47)37-99-67(88)77(17-18-92-21-22-94-25-26-96-29-30-98-32-31-97-28-27-95-24-23-93-20-19-91-4)35-45-7-5-6-8-49(45)62(85)75-66-74-60-57(64(87)76-66)70-41-79(60)65-59-58(83)51(103-65)39-101-106(89,108)104-50-34-48(102-53-15-16-68-40-69-53)33-46(50)38-100-107(90,109)105-59/h5-16,40-43,46,48,50-51,56,58-59,65,83H,17-39H2,1-4H3,(H,71,86)(H,72,84)(H,73,80)(H,89,108)(H,90,109)(H2,74,75,76,85,87)/t43-,46+,48+,50-,51+,56-,58-,59+,65+,106?,107?/m0/s1. The molecule has 2 unspecified atom stereocenters. The Labute approximate surface area is 636 Å². The van der Waals surface area contributed by atoms with Gasteiger partial charge >= 0.3 is 19.6 Å². The van der Waals surface area contributed by atoms with Gasteiger partial charge < -0.3 is 96.5 Å². The van der Waals surface area contributed by atoms with Crippen LogP contribution < -0.4 is 31.6 Å². The van der Waals surface area contributed by atoms with Crippen molar-refractivity contribution in [1.82, 2.24) is 49.9 Å². The van der Waals surface area contributed by atoms with Gasteiger partial charge in [-0.3, -0.25) is 57.9 Å². The van der Waals surface area contributed by atoms with Crippen LogP contribution in [0, 0.1) is 11.8 Å². The van der Waals surface area contributed by atoms with Crippen molar-refractivity contribution in [3.8, 4) is 5.88 Å². The second-order valence-electron chi connectivity index (χ2n) is 25.2. The Balaban J connectivity index is 0.805. The lowest BCUT2D eigenvalue weighted by Gasteiger charge is -2.27. The van der Waals surface area contributed by atoms with Crippen LogP contribution in [0.25, 0.3) is 11.2 Å². The summed E-state index contributed by atoms with van der Waals surface area (Å²) in [5.41, 5.74) is -0.127. The molecular weight excluding hydrogens is 1510 g/mol. The van der Waals surface area contributed by atoms with E-state index in [1.54, 1.807) is 69.5 Å². The predicted molar refractivity (Wildman–Crippen MR) is 390 cm³/mol. The van der Waals surface area contributed by atoms with Gasteiger partial charge in [-0.25, -0.2) is 24.3 Å². The zero-order valence-corrected chi connectivity index (χ0v) is 63.7. The summed E-state index contributed by atoms with van der Waals surface area (Å²) in [7, 11) is 1.61. The first-order chi connectivity index (χ1) is 52.4. The van der Waals surface area contributed by atoms with Crippen LogP contribution in [0.15, 0.2) is 90.4 Å². The van der Waals surface area contributed by atoms with Gasteiger partial charge in [0.15, 0.2) is 17.4 Å². The molecule has 0 spiro atoms. The number of aliphatic hydroxyl groups is 1. The van der Waals surface area contributed by atoms with Gasteiger partial charge in [0, 0.05) is 68.2 Å². The highest BCUT2D eigenvalue weighted by molar-refractivity contribution is 8.44. The Bertz CT molecular complexity index is 4020. The Hall–Kier alpha value is -7.67. The Morgan fingerprint density at radius 1 is 0.761 bits per heavy atom. The van der Waals surface area contributed by atoms with Crippen molar-refractivity contribution in [2.45, 2.75) is 95.6 Å². The summed E-state index contributed by atoms with van der Waals surface area (Å²) >= 11 is 9.68. The number of rotatable bonds is 41. The van der Waals surface area contributed by atoms with Gasteiger partial charge in [-0.2, -0.15) is 4.98 Å². The maximum atomic E-state index is 14.5. The first-order valence-corrected chi connectivity index (χ1v) is 40.1. The Morgan fingerprint density at radius 2 is 1.39 bits per heavy atom. The highest BCUT2D eigenvalue weighted by Gasteiger charge is 2.51. The molecule has 3 aromatic heterocycles. The lowest BCUT2D eigenvalue weighted by atomic mass is 10.0. The summed E-state index contributed by atoms with van der Waals surface area (Å²) in [5.74, 6) is -5.30. The summed E-state index contributed by atoms with van der Waals surface area (Å²) in [6.07, 6.45) is -1.72. The largest absolute Gasteiger partial charge is 0.474 e. The molecule has 7 amide bonds. The number of nitrogens with zero attached hydrogens (tertiary/aromatic N) is 7. The molecule has 42 heteroatoms. The maximum Gasteiger partial charge on any atom is 0.410 e. The van der Waals surface area contributed by atoms with E-state index in [0.29, 0.717) is 89.5 Å². The smallest absolute Gasteiger partial charge is 0.410 e. The molecule has 3 fully saturated rings. The molecule has 7 N–H and O–H groups in total. The minimum absolute atomic E-state index is 0.0169. The number of amides is 7. The van der Waals surface area contributed by atoms with Gasteiger partial charge in [0.1, 0.15) is 56.0 Å². The Kier molecular flexibility index (Phi) is 33.4. The van der Waals surface area contributed by atoms with E-state index in [-0.39, 0.29) is 94.1 Å². The third-order valence-electron chi connectivity index (χ3n) is 16.9. The number of hydrogen-bond donors (Lipinski definition) is 8. The van der Waals surface area contributed by atoms with E-state index < -0.39 is 134 Å².